The number of hydrogen-bond donors (Lipinski definition) is 5. The summed E-state index contributed by atoms with van der Waals surface area (Å²) >= 11 is 0. The Morgan fingerprint density at radius 3 is 1.54 bits per heavy atom. The summed E-state index contributed by atoms with van der Waals surface area (Å²) in [5.74, 6) is -0.974. The molecule has 18 heteroatoms. The predicted octanol–water partition coefficient (Wildman–Crippen LogP) is 7.09. The van der Waals surface area contributed by atoms with Crippen molar-refractivity contribution in [3.8, 4) is 0 Å². The average Bonchev–Trinajstić information content (AvgIpc) is 3.77. The van der Waals surface area contributed by atoms with Gasteiger partial charge in [-0.05, 0) is 48.0 Å². The monoisotopic (exact) mass is 1620 g/mol. The molecule has 5 atom stereocenters. The standard InChI is InChI=1S/C19H16P.C15H24BNO3.C10H14BNO4.3C2H5O.3U/c1-20(17-11-5-2-6-12-17,18-13-7-3-8-14-18)19-15-9-4-10-16-19;1-3-12-13(20-15-7-4-5-10-19-15)11-14(18)17(12)9-6-8-16-2;1-2-7-8(13)6-9(14)12(7)5-3-4-11-10(15)16;3*1-2-3;;;/h1-16H;1,3,12-13,15H,4-11H2,2H3;1-2,7-8,13H,3-6H2,(H,15,16);3*2-3H,1H3;;;/q6*-1;3*+2/t;12-,13+,15?;7-,8+;;;;;;/m.00....../s1. The van der Waals surface area contributed by atoms with Crippen LogP contribution in [-0.4, -0.2) is 124 Å². The molecule has 6 rings (SSSR count). The fourth-order valence-corrected chi connectivity index (χ4v) is 9.93. The van der Waals surface area contributed by atoms with Gasteiger partial charge in [0.15, 0.2) is 6.29 Å². The second kappa shape index (κ2) is 43.5. The number of nitrogens with zero attached hydrogens (tertiary/aromatic N) is 2. The van der Waals surface area contributed by atoms with Crippen LogP contribution in [0.3, 0.4) is 0 Å². The Morgan fingerprint density at radius 2 is 1.16 bits per heavy atom. The maximum Gasteiger partial charge on any atom is 2.00 e. The van der Waals surface area contributed by atoms with Crippen LogP contribution >= 0.6 is 6.89 Å². The SMILES string of the molecule is C[CH-]O.C[CH-]O.C[CH-]O.[CH-]=C[C@H]1[C@H](O)CC(=O)N1CCC[B]C(=O)O.[CH-]=C[C@H]1[C@H](OC2CCCCO2)CC(=O)N1CCC[B]C.[CH-]=P(c1ccccc1)(c1ccccc1)c1ccccc1.[U+2].[U+2].[U+2]. The Kier molecular flexibility index (Phi) is 45.5. The van der Waals surface area contributed by atoms with E-state index in [4.69, 9.17) is 49.4 Å². The van der Waals surface area contributed by atoms with E-state index in [1.54, 1.807) is 26.8 Å². The molecule has 0 aliphatic carbocycles. The van der Waals surface area contributed by atoms with Crippen molar-refractivity contribution in [2.24, 2.45) is 0 Å². The van der Waals surface area contributed by atoms with E-state index in [0.717, 1.165) is 72.3 Å². The number of ether oxygens (including phenoxy) is 2. The third-order valence-corrected chi connectivity index (χ3v) is 13.4. The molecule has 3 aliphatic heterocycles. The Bertz CT molecular complexity index is 1700. The molecule has 5 N–H and O–H groups in total. The summed E-state index contributed by atoms with van der Waals surface area (Å²) in [6, 6.07) is 30.7. The van der Waals surface area contributed by atoms with E-state index >= 15 is 0 Å². The molecule has 362 valence electrons. The van der Waals surface area contributed by atoms with Gasteiger partial charge < -0.3 is 64.3 Å². The quantitative estimate of drug-likeness (QED) is 0.0431. The van der Waals surface area contributed by atoms with Crippen molar-refractivity contribution >= 4 is 61.3 Å². The van der Waals surface area contributed by atoms with Gasteiger partial charge in [0.1, 0.15) is 7.28 Å². The number of hydrogen-bond acceptors (Lipinski definition) is 9. The zero-order valence-electron chi connectivity index (χ0n) is 39.9. The van der Waals surface area contributed by atoms with E-state index in [1.165, 1.54) is 26.9 Å². The van der Waals surface area contributed by atoms with E-state index < -0.39 is 24.9 Å². The number of aliphatic hydroxyl groups is 4. The number of benzene rings is 3. The minimum absolute atomic E-state index is 0. The summed E-state index contributed by atoms with van der Waals surface area (Å²) in [6.45, 7) is 20.7. The van der Waals surface area contributed by atoms with Crippen LogP contribution in [0, 0.1) is 126 Å². The molecule has 0 aromatic heterocycles. The molecular weight excluding hydrogens is 1560 g/mol. The summed E-state index contributed by atoms with van der Waals surface area (Å²) in [5.41, 5.74) is 0. The minimum atomic E-state index is -2.03. The van der Waals surface area contributed by atoms with Gasteiger partial charge in [0.05, 0.1) is 25.0 Å². The van der Waals surface area contributed by atoms with Gasteiger partial charge in [0.2, 0.25) is 17.7 Å². The molecule has 3 heterocycles. The van der Waals surface area contributed by atoms with E-state index in [9.17, 15) is 19.5 Å². The first-order valence-corrected chi connectivity index (χ1v) is 23.8. The Labute approximate surface area is 480 Å². The number of carbonyl (C=O) groups excluding carboxylic acids is 2. The van der Waals surface area contributed by atoms with Crippen LogP contribution in [-0.2, 0) is 19.1 Å². The average molecular weight is 1620 g/mol. The summed E-state index contributed by atoms with van der Waals surface area (Å²) in [5, 5.41) is 43.8. The third-order valence-electron chi connectivity index (χ3n) is 10.1. The molecule has 0 bridgehead atoms. The molecule has 2 amide bonds. The fourth-order valence-electron chi connectivity index (χ4n) is 7.11. The largest absolute Gasteiger partial charge is 2.00 e. The molecule has 12 nitrogen and oxygen atoms in total. The van der Waals surface area contributed by atoms with Crippen molar-refractivity contribution < 1.29 is 143 Å². The van der Waals surface area contributed by atoms with E-state index in [1.807, 2.05) is 29.9 Å². The van der Waals surface area contributed by atoms with Crippen LogP contribution in [0.5, 0.6) is 0 Å². The topological polar surface area (TPSA) is 177 Å². The second-order valence-corrected chi connectivity index (χ2v) is 17.7. The molecule has 3 aliphatic rings. The number of carboxylic acid groups (broad SMARTS) is 1. The molecule has 68 heavy (non-hydrogen) atoms. The Morgan fingerprint density at radius 1 is 0.750 bits per heavy atom. The van der Waals surface area contributed by atoms with Gasteiger partial charge in [-0.25, -0.2) is 32.0 Å². The second-order valence-electron chi connectivity index (χ2n) is 14.7. The van der Waals surface area contributed by atoms with Crippen molar-refractivity contribution in [3.63, 3.8) is 0 Å². The predicted molar refractivity (Wildman–Crippen MR) is 264 cm³/mol. The summed E-state index contributed by atoms with van der Waals surface area (Å²) in [6.07, 6.45) is 15.3. The van der Waals surface area contributed by atoms with Crippen molar-refractivity contribution in [3.05, 3.63) is 136 Å². The molecule has 3 fully saturated rings. The van der Waals surface area contributed by atoms with Gasteiger partial charge in [-0.3, -0.25) is 14.4 Å². The van der Waals surface area contributed by atoms with Crippen molar-refractivity contribution in [1.82, 2.24) is 9.80 Å². The minimum Gasteiger partial charge on any atom is -0.566 e. The van der Waals surface area contributed by atoms with Crippen LogP contribution in [0.2, 0.25) is 19.5 Å². The maximum atomic E-state index is 12.1. The molecule has 3 aromatic carbocycles. The third kappa shape index (κ3) is 26.0. The molecule has 3 saturated heterocycles. The van der Waals surface area contributed by atoms with Gasteiger partial charge in [-0.15, -0.1) is 0 Å². The summed E-state index contributed by atoms with van der Waals surface area (Å²) < 4.78 is 11.5. The number of aliphatic hydroxyl groups excluding tert-OH is 4. The van der Waals surface area contributed by atoms with Crippen LogP contribution in [0.25, 0.3) is 0 Å². The molecule has 3 aromatic rings. The smallest absolute Gasteiger partial charge is 0.566 e. The first-order valence-electron chi connectivity index (χ1n) is 22.0. The van der Waals surface area contributed by atoms with Gasteiger partial charge in [0.25, 0.3) is 7.28 Å². The van der Waals surface area contributed by atoms with E-state index in [2.05, 4.69) is 80.1 Å². The van der Waals surface area contributed by atoms with Crippen LogP contribution in [0.1, 0.15) is 65.7 Å². The number of likely N-dealkylation sites (tertiary alicyclic amines) is 2. The molecule has 0 saturated carbocycles. The first-order chi connectivity index (χ1) is 31.4. The number of amides is 2. The maximum absolute atomic E-state index is 12.1. The van der Waals surface area contributed by atoms with Crippen LogP contribution in [0.4, 0.5) is 4.79 Å². The Balaban J connectivity index is -0.000000842. The van der Waals surface area contributed by atoms with Crippen LogP contribution in [0.15, 0.2) is 103 Å². The normalized spacial score (nSPS) is 18.9. The molecule has 0 spiro atoms. The van der Waals surface area contributed by atoms with Crippen molar-refractivity contribution in [2.75, 3.05) is 19.7 Å². The fraction of sp³-hybridized carbons (Fsp3) is 0.420. The van der Waals surface area contributed by atoms with Gasteiger partial charge in [0, 0.05) is 31.8 Å². The molecule has 2 radical (unpaired) electrons. The first kappa shape index (κ1) is 71.1. The zero-order valence-corrected chi connectivity index (χ0v) is 53.3. The van der Waals surface area contributed by atoms with Gasteiger partial charge >= 0.3 is 93.3 Å². The number of rotatable bonds is 16. The Hall–Kier alpha value is -1.10. The van der Waals surface area contributed by atoms with Crippen molar-refractivity contribution in [1.29, 1.82) is 0 Å². The van der Waals surface area contributed by atoms with E-state index in [-0.39, 0.29) is 130 Å². The summed E-state index contributed by atoms with van der Waals surface area (Å²) in [7, 11) is 3.27. The zero-order chi connectivity index (χ0) is 48.5. The van der Waals surface area contributed by atoms with E-state index in [0.29, 0.717) is 25.7 Å². The summed E-state index contributed by atoms with van der Waals surface area (Å²) in [4.78, 5) is 37.1. The van der Waals surface area contributed by atoms with Crippen molar-refractivity contribution in [2.45, 2.75) is 116 Å². The number of carbonyl (C=O) groups is 3. The molecule has 1 unspecified atom stereocenters. The van der Waals surface area contributed by atoms with Gasteiger partial charge in [-0.1, -0.05) is 110 Å². The van der Waals surface area contributed by atoms with Gasteiger partial charge in [-0.2, -0.15) is 27.7 Å². The molecular formula is C50H69B2N2O10PU3. The van der Waals surface area contributed by atoms with Crippen LogP contribution < -0.4 is 15.9 Å².